The van der Waals surface area contributed by atoms with Crippen LogP contribution in [0.4, 0.5) is 0 Å². The van der Waals surface area contributed by atoms with E-state index in [4.69, 9.17) is 0 Å². The van der Waals surface area contributed by atoms with Crippen molar-refractivity contribution in [3.63, 3.8) is 0 Å². The molecule has 0 aliphatic carbocycles. The van der Waals surface area contributed by atoms with Crippen molar-refractivity contribution >= 4 is 76.2 Å². The van der Waals surface area contributed by atoms with Gasteiger partial charge in [0.2, 0.25) is 0 Å². The van der Waals surface area contributed by atoms with Gasteiger partial charge in [-0.15, -0.1) is 0 Å². The molecule has 14 nitrogen and oxygen atoms in total. The van der Waals surface area contributed by atoms with E-state index in [-0.39, 0.29) is 0 Å². The average molecular weight is 1220 g/mol. The van der Waals surface area contributed by atoms with Crippen LogP contribution in [0.15, 0.2) is 215 Å². The molecule has 0 aliphatic rings. The molecule has 0 amide bonds. The smallest absolute Gasteiger partial charge is 0.159 e. The van der Waals surface area contributed by atoms with E-state index in [1.54, 1.807) is 80.7 Å². The van der Waals surface area contributed by atoms with Crippen molar-refractivity contribution in [3.05, 3.63) is 254 Å². The van der Waals surface area contributed by atoms with Gasteiger partial charge in [0.05, 0.1) is 34.5 Å². The van der Waals surface area contributed by atoms with E-state index in [0.29, 0.717) is 0 Å². The highest BCUT2D eigenvalue weighted by atomic mass is 14.8. The lowest BCUT2D eigenvalue weighted by molar-refractivity contribution is 1.15. The van der Waals surface area contributed by atoms with Gasteiger partial charge in [-0.25, -0.2) is 19.9 Å². The number of fused-ring (bicyclic) bond motifs is 7. The van der Waals surface area contributed by atoms with Crippen molar-refractivity contribution in [2.75, 3.05) is 0 Å². The van der Waals surface area contributed by atoms with E-state index < -0.39 is 0 Å². The molecule has 0 unspecified atom stereocenters. The number of hydrogen-bond donors (Lipinski definition) is 0. The highest BCUT2D eigenvalue weighted by molar-refractivity contribution is 5.85. The molecule has 0 N–H and O–H groups in total. The average Bonchev–Trinajstić information content (AvgIpc) is 3.66. The predicted octanol–water partition coefficient (Wildman–Crippen LogP) is 20.8. The Morgan fingerprint density at radius 2 is 0.593 bits per heavy atom. The number of aryl methyl sites for hydroxylation is 7. The quantitative estimate of drug-likeness (QED) is 0.140. The highest BCUT2D eigenvalue weighted by Crippen LogP contribution is 2.18. The normalized spacial score (nSPS) is 9.15. The Kier molecular flexibility index (Phi) is 41.6. The third-order valence-corrected chi connectivity index (χ3v) is 12.2. The fraction of sp³-hybridized carbons (Fsp3) is 0.273. The molecule has 0 atom stereocenters. The Labute approximate surface area is 542 Å². The van der Waals surface area contributed by atoms with Gasteiger partial charge in [-0.1, -0.05) is 121 Å². The first-order valence-electron chi connectivity index (χ1n) is 31.7. The zero-order valence-corrected chi connectivity index (χ0v) is 58.0. The topological polar surface area (TPSA) is 180 Å². The van der Waals surface area contributed by atoms with Crippen LogP contribution in [0, 0.1) is 48.5 Å². The van der Waals surface area contributed by atoms with Crippen LogP contribution in [0.5, 0.6) is 0 Å². The number of rotatable bonds is 0. The molecule has 13 heterocycles. The van der Waals surface area contributed by atoms with Crippen LogP contribution in [0.2, 0.25) is 0 Å². The molecule has 13 aromatic heterocycles. The maximum atomic E-state index is 4.20. The Bertz CT molecular complexity index is 3400. The van der Waals surface area contributed by atoms with Crippen LogP contribution in [-0.4, -0.2) is 69.8 Å². The third-order valence-electron chi connectivity index (χ3n) is 12.2. The molecule has 0 fully saturated rings. The van der Waals surface area contributed by atoms with Gasteiger partial charge in [0.25, 0.3) is 0 Å². The van der Waals surface area contributed by atoms with Crippen LogP contribution in [-0.2, 0) is 0 Å². The lowest BCUT2D eigenvalue weighted by Crippen LogP contribution is -1.85. The minimum Gasteiger partial charge on any atom is -0.264 e. The summed E-state index contributed by atoms with van der Waals surface area (Å²) in [5, 5.41) is 10.4. The van der Waals surface area contributed by atoms with Gasteiger partial charge in [0, 0.05) is 153 Å². The number of pyridine rings is 12. The van der Waals surface area contributed by atoms with Gasteiger partial charge < -0.3 is 0 Å². The molecule has 0 saturated heterocycles. The molecule has 0 aliphatic heterocycles. The molecule has 14 heteroatoms. The second-order valence-electron chi connectivity index (χ2n) is 17.5. The van der Waals surface area contributed by atoms with E-state index in [1.807, 2.05) is 253 Å². The molecule has 14 aromatic rings. The maximum Gasteiger partial charge on any atom is 0.159 e. The number of para-hydroxylation sites is 1. The second kappa shape index (κ2) is 47.9. The predicted molar refractivity (Wildman–Crippen MR) is 389 cm³/mol. The Morgan fingerprint density at radius 3 is 1.18 bits per heavy atom. The van der Waals surface area contributed by atoms with Crippen LogP contribution in [0.3, 0.4) is 0 Å². The Balaban J connectivity index is 0.000000514. The molecular formula is C77H98N14. The lowest BCUT2D eigenvalue weighted by atomic mass is 10.1. The summed E-state index contributed by atoms with van der Waals surface area (Å²) in [5.74, 6) is 0. The minimum absolute atomic E-state index is 0.826. The molecule has 476 valence electrons. The van der Waals surface area contributed by atoms with E-state index >= 15 is 0 Å². The van der Waals surface area contributed by atoms with E-state index in [0.717, 1.165) is 71.7 Å². The molecule has 14 rings (SSSR count). The maximum absolute atomic E-state index is 4.20. The van der Waals surface area contributed by atoms with E-state index in [1.165, 1.54) is 43.8 Å². The van der Waals surface area contributed by atoms with Crippen molar-refractivity contribution in [2.24, 2.45) is 0 Å². The zero-order valence-electron chi connectivity index (χ0n) is 58.0. The lowest BCUT2D eigenvalue weighted by Gasteiger charge is -1.97. The Hall–Kier alpha value is -10.1. The largest absolute Gasteiger partial charge is 0.264 e. The number of hydrogen-bond acceptors (Lipinski definition) is 14. The van der Waals surface area contributed by atoms with E-state index in [9.17, 15) is 0 Å². The fourth-order valence-electron chi connectivity index (χ4n) is 8.02. The van der Waals surface area contributed by atoms with Gasteiger partial charge >= 0.3 is 0 Å². The second-order valence-corrected chi connectivity index (χ2v) is 17.5. The van der Waals surface area contributed by atoms with Crippen LogP contribution in [0.1, 0.15) is 136 Å². The van der Waals surface area contributed by atoms with Gasteiger partial charge in [0.1, 0.15) is 6.33 Å². The fourth-order valence-corrected chi connectivity index (χ4v) is 8.02. The van der Waals surface area contributed by atoms with Gasteiger partial charge in [-0.05, 0) is 155 Å². The minimum atomic E-state index is 0.826. The summed E-state index contributed by atoms with van der Waals surface area (Å²) in [7, 11) is 0. The zero-order chi connectivity index (χ0) is 67.8. The summed E-state index contributed by atoms with van der Waals surface area (Å²) in [6.45, 7) is 42.2. The van der Waals surface area contributed by atoms with Crippen molar-refractivity contribution in [1.82, 2.24) is 69.8 Å². The monoisotopic (exact) mass is 1220 g/mol. The van der Waals surface area contributed by atoms with Crippen molar-refractivity contribution in [2.45, 2.75) is 145 Å². The molecular weight excluding hydrogens is 1120 g/mol. The van der Waals surface area contributed by atoms with Crippen molar-refractivity contribution in [3.8, 4) is 0 Å². The summed E-state index contributed by atoms with van der Waals surface area (Å²) in [4.78, 5) is 57.6. The first kappa shape index (κ1) is 78.9. The molecule has 0 radical (unpaired) electrons. The summed E-state index contributed by atoms with van der Waals surface area (Å²) in [5.41, 5.74) is 12.8. The number of nitrogens with zero attached hydrogens (tertiary/aromatic N) is 14. The number of aromatic nitrogens is 14. The molecule has 0 saturated carbocycles. The highest BCUT2D eigenvalue weighted by Gasteiger charge is 2.00. The Morgan fingerprint density at radius 1 is 0.209 bits per heavy atom. The number of benzene rings is 1. The molecule has 1 aromatic carbocycles. The summed E-state index contributed by atoms with van der Waals surface area (Å²) in [6, 6.07) is 33.8. The standard InChI is InChI=1S/7C9H8N2.7C2H6/c1-7-9-3-4-10-6-8(9)2-5-11-7;1-7-2-5-11-9-6-10-4-3-8(7)9;1-7-4-11-6-8-5-10-3-2-9(7)8;1-7-8-3-2-5-11-9(8)4-6-10-7;1-7-4-6-11-9-8(7)3-2-5-10-9;1-7-5-10-6-9-8(7)3-2-4-11-9;1-7-8-4-2-3-5-9(8)11-6-10-7;7*1-2/h7*2-6H,1H3;7*1-2H3. The summed E-state index contributed by atoms with van der Waals surface area (Å²) >= 11 is 0. The molecule has 91 heavy (non-hydrogen) atoms. The van der Waals surface area contributed by atoms with Gasteiger partial charge in [0.15, 0.2) is 5.65 Å². The van der Waals surface area contributed by atoms with Crippen molar-refractivity contribution in [1.29, 1.82) is 0 Å². The SMILES string of the molecule is CC.CC.CC.CC.CC.CC.CC.Cc1ccnc2cnccc12.Cc1ccnc2ncccc12.Cc1cncc2cnccc12.Cc1cncc2ncccc12.Cc1nccc2cnccc12.Cc1nccc2ncccc12.Cc1ncnc2ccccc12. The van der Waals surface area contributed by atoms with Gasteiger partial charge in [-0.2, -0.15) is 0 Å². The van der Waals surface area contributed by atoms with E-state index in [2.05, 4.69) is 96.6 Å². The third kappa shape index (κ3) is 25.9. The molecule has 0 bridgehead atoms. The van der Waals surface area contributed by atoms with Crippen LogP contribution < -0.4 is 0 Å². The molecule has 0 spiro atoms. The van der Waals surface area contributed by atoms with Gasteiger partial charge in [-0.3, -0.25) is 49.8 Å². The summed E-state index contributed by atoms with van der Waals surface area (Å²) in [6.07, 6.45) is 32.3. The summed E-state index contributed by atoms with van der Waals surface area (Å²) < 4.78 is 0. The van der Waals surface area contributed by atoms with Crippen LogP contribution in [0.25, 0.3) is 76.2 Å². The van der Waals surface area contributed by atoms with Crippen molar-refractivity contribution < 1.29 is 0 Å². The van der Waals surface area contributed by atoms with Crippen LogP contribution >= 0.6 is 0 Å². The first-order valence-corrected chi connectivity index (χ1v) is 31.7. The first-order chi connectivity index (χ1) is 44.6.